The molecule has 0 bridgehead atoms. The maximum absolute atomic E-state index is 13.1. The quantitative estimate of drug-likeness (QED) is 0.763. The van der Waals surface area contributed by atoms with Gasteiger partial charge >= 0.3 is 0 Å². The third-order valence-corrected chi connectivity index (χ3v) is 4.81. The molecule has 1 heterocycles. The molecule has 1 atom stereocenters. The fraction of sp³-hybridized carbons (Fsp3) is 0.556. The lowest BCUT2D eigenvalue weighted by Crippen LogP contribution is -2.40. The predicted molar refractivity (Wildman–Crippen MR) is 90.2 cm³/mol. The van der Waals surface area contributed by atoms with E-state index in [-0.39, 0.29) is 18.4 Å². The lowest BCUT2D eigenvalue weighted by molar-refractivity contribution is -0.123. The number of amides is 2. The van der Waals surface area contributed by atoms with E-state index in [0.717, 1.165) is 31.2 Å². The van der Waals surface area contributed by atoms with Crippen LogP contribution in [0.5, 0.6) is 0 Å². The van der Waals surface area contributed by atoms with Crippen LogP contribution in [0, 0.1) is 5.92 Å². The minimum atomic E-state index is -2.83. The zero-order valence-electron chi connectivity index (χ0n) is 14.0. The number of benzene rings is 1. The van der Waals surface area contributed by atoms with Crippen molar-refractivity contribution in [1.82, 2.24) is 10.6 Å². The molecular formula is C18H23F2N3O2. The van der Waals surface area contributed by atoms with E-state index < -0.39 is 30.8 Å². The molecule has 7 heteroatoms. The van der Waals surface area contributed by atoms with Gasteiger partial charge < -0.3 is 10.6 Å². The molecule has 1 aliphatic heterocycles. The van der Waals surface area contributed by atoms with Crippen LogP contribution >= 0.6 is 0 Å². The van der Waals surface area contributed by atoms with Gasteiger partial charge in [0.15, 0.2) is 0 Å². The Kier molecular flexibility index (Phi) is 5.32. The number of carbonyl (C=O) groups excluding carboxylic acids is 2. The van der Waals surface area contributed by atoms with Crippen molar-refractivity contribution in [1.29, 1.82) is 0 Å². The summed E-state index contributed by atoms with van der Waals surface area (Å²) >= 11 is 0. The van der Waals surface area contributed by atoms with Crippen LogP contribution in [0.1, 0.15) is 37.7 Å². The molecule has 1 saturated heterocycles. The fourth-order valence-corrected chi connectivity index (χ4v) is 3.40. The molecule has 1 aromatic rings. The smallest absolute Gasteiger partial charge is 0.262 e. The average molecular weight is 351 g/mol. The first kappa shape index (κ1) is 17.8. The highest BCUT2D eigenvalue weighted by Gasteiger charge is 2.42. The molecular weight excluding hydrogens is 328 g/mol. The van der Waals surface area contributed by atoms with Crippen LogP contribution in [0.25, 0.3) is 0 Å². The highest BCUT2D eigenvalue weighted by Crippen LogP contribution is 2.26. The van der Waals surface area contributed by atoms with Crippen molar-refractivity contribution in [3.63, 3.8) is 0 Å². The van der Waals surface area contributed by atoms with Crippen LogP contribution in [-0.2, 0) is 16.1 Å². The van der Waals surface area contributed by atoms with Crippen LogP contribution in [0.15, 0.2) is 24.3 Å². The minimum absolute atomic E-state index is 0.0380. The van der Waals surface area contributed by atoms with Crippen molar-refractivity contribution in [2.24, 2.45) is 5.92 Å². The second-order valence-electron chi connectivity index (χ2n) is 6.88. The summed E-state index contributed by atoms with van der Waals surface area (Å²) in [7, 11) is 0. The van der Waals surface area contributed by atoms with Crippen molar-refractivity contribution >= 4 is 17.5 Å². The Morgan fingerprint density at radius 1 is 1.20 bits per heavy atom. The molecule has 2 fully saturated rings. The van der Waals surface area contributed by atoms with E-state index in [2.05, 4.69) is 16.0 Å². The Hall–Kier alpha value is -2.02. The van der Waals surface area contributed by atoms with Gasteiger partial charge in [-0.1, -0.05) is 25.0 Å². The molecule has 3 N–H and O–H groups in total. The van der Waals surface area contributed by atoms with Crippen LogP contribution in [0.4, 0.5) is 14.5 Å². The number of anilines is 1. The van der Waals surface area contributed by atoms with E-state index in [0.29, 0.717) is 5.69 Å². The number of alkyl halides is 2. The summed E-state index contributed by atoms with van der Waals surface area (Å²) in [4.78, 5) is 24.1. The van der Waals surface area contributed by atoms with Crippen LogP contribution in [-0.4, -0.2) is 30.3 Å². The van der Waals surface area contributed by atoms with Gasteiger partial charge in [-0.05, 0) is 30.5 Å². The SMILES string of the molecule is O=C(Nc1cccc(CNC(=O)C2CC(F)(F)CN2)c1)C1CCCC1. The normalized spacial score (nSPS) is 22.7. The number of halogens is 2. The van der Waals surface area contributed by atoms with Crippen molar-refractivity contribution < 1.29 is 18.4 Å². The summed E-state index contributed by atoms with van der Waals surface area (Å²) in [6, 6.07) is 6.36. The van der Waals surface area contributed by atoms with Crippen LogP contribution < -0.4 is 16.0 Å². The van der Waals surface area contributed by atoms with Gasteiger partial charge in [0.25, 0.3) is 5.92 Å². The molecule has 0 aromatic heterocycles. The molecule has 136 valence electrons. The monoisotopic (exact) mass is 351 g/mol. The Labute approximate surface area is 145 Å². The summed E-state index contributed by atoms with van der Waals surface area (Å²) in [5.41, 5.74) is 1.50. The van der Waals surface area contributed by atoms with Gasteiger partial charge in [0.2, 0.25) is 11.8 Å². The molecule has 5 nitrogen and oxygen atoms in total. The zero-order chi connectivity index (χ0) is 17.9. The van der Waals surface area contributed by atoms with Crippen molar-refractivity contribution in [2.75, 3.05) is 11.9 Å². The second kappa shape index (κ2) is 7.47. The van der Waals surface area contributed by atoms with Gasteiger partial charge in [0.1, 0.15) is 0 Å². The molecule has 0 radical (unpaired) electrons. The van der Waals surface area contributed by atoms with Crippen molar-refractivity contribution in [3.05, 3.63) is 29.8 Å². The molecule has 1 aliphatic carbocycles. The Morgan fingerprint density at radius 2 is 1.96 bits per heavy atom. The molecule has 25 heavy (non-hydrogen) atoms. The maximum Gasteiger partial charge on any atom is 0.262 e. The van der Waals surface area contributed by atoms with E-state index >= 15 is 0 Å². The Balaban J connectivity index is 1.51. The van der Waals surface area contributed by atoms with E-state index in [9.17, 15) is 18.4 Å². The predicted octanol–water partition coefficient (Wildman–Crippen LogP) is 2.43. The average Bonchev–Trinajstić information content (AvgIpc) is 3.22. The number of rotatable bonds is 5. The van der Waals surface area contributed by atoms with Gasteiger partial charge in [0.05, 0.1) is 12.6 Å². The van der Waals surface area contributed by atoms with Gasteiger partial charge in [0, 0.05) is 24.6 Å². The summed E-state index contributed by atoms with van der Waals surface area (Å²) < 4.78 is 26.3. The summed E-state index contributed by atoms with van der Waals surface area (Å²) in [5, 5.41) is 8.11. The van der Waals surface area contributed by atoms with E-state index in [1.807, 2.05) is 6.07 Å². The molecule has 1 unspecified atom stereocenters. The van der Waals surface area contributed by atoms with Gasteiger partial charge in [-0.25, -0.2) is 8.78 Å². The minimum Gasteiger partial charge on any atom is -0.351 e. The lowest BCUT2D eigenvalue weighted by Gasteiger charge is -2.13. The third kappa shape index (κ3) is 4.75. The first-order chi connectivity index (χ1) is 11.9. The van der Waals surface area contributed by atoms with E-state index in [4.69, 9.17) is 0 Å². The molecule has 0 spiro atoms. The van der Waals surface area contributed by atoms with Crippen LogP contribution in [0.3, 0.4) is 0 Å². The second-order valence-corrected chi connectivity index (χ2v) is 6.88. The van der Waals surface area contributed by atoms with E-state index in [1.54, 1.807) is 18.2 Å². The number of hydrogen-bond donors (Lipinski definition) is 3. The Morgan fingerprint density at radius 3 is 2.64 bits per heavy atom. The Bertz CT molecular complexity index is 645. The molecule has 2 amide bonds. The molecule has 3 rings (SSSR count). The molecule has 1 aromatic carbocycles. The first-order valence-electron chi connectivity index (χ1n) is 8.72. The topological polar surface area (TPSA) is 70.2 Å². The van der Waals surface area contributed by atoms with E-state index in [1.165, 1.54) is 0 Å². The highest BCUT2D eigenvalue weighted by atomic mass is 19.3. The maximum atomic E-state index is 13.1. The molecule has 2 aliphatic rings. The van der Waals surface area contributed by atoms with Crippen molar-refractivity contribution in [3.8, 4) is 0 Å². The largest absolute Gasteiger partial charge is 0.351 e. The summed E-state index contributed by atoms with van der Waals surface area (Å²) in [6.07, 6.45) is 3.58. The van der Waals surface area contributed by atoms with Gasteiger partial charge in [-0.15, -0.1) is 0 Å². The van der Waals surface area contributed by atoms with Crippen LogP contribution in [0.2, 0.25) is 0 Å². The van der Waals surface area contributed by atoms with Gasteiger partial charge in [-0.2, -0.15) is 0 Å². The number of nitrogens with one attached hydrogen (secondary N) is 3. The lowest BCUT2D eigenvalue weighted by atomic mass is 10.1. The summed E-state index contributed by atoms with van der Waals surface area (Å²) in [5.74, 6) is -3.14. The number of hydrogen-bond acceptors (Lipinski definition) is 3. The first-order valence-corrected chi connectivity index (χ1v) is 8.72. The highest BCUT2D eigenvalue weighted by molar-refractivity contribution is 5.92. The summed E-state index contributed by atoms with van der Waals surface area (Å²) in [6.45, 7) is -0.233. The standard InChI is InChI=1S/C18H23F2N3O2/c19-18(20)9-15(22-11-18)17(25)21-10-12-4-3-7-14(8-12)23-16(24)13-5-1-2-6-13/h3-4,7-8,13,15,22H,1-2,5-6,9-11H2,(H,21,25)(H,23,24). The number of carbonyl (C=O) groups is 2. The van der Waals surface area contributed by atoms with Gasteiger partial charge in [-0.3, -0.25) is 14.9 Å². The van der Waals surface area contributed by atoms with Crippen molar-refractivity contribution in [2.45, 2.75) is 50.6 Å². The molecule has 1 saturated carbocycles. The zero-order valence-corrected chi connectivity index (χ0v) is 14.0. The fourth-order valence-electron chi connectivity index (χ4n) is 3.40. The third-order valence-electron chi connectivity index (χ3n) is 4.81.